The first-order valence-electron chi connectivity index (χ1n) is 11.0. The van der Waals surface area contributed by atoms with Crippen LogP contribution in [0.4, 0.5) is 5.69 Å². The average molecular weight is 553 g/mol. The molecule has 13 heteroatoms. The number of piperidine rings is 1. The molecule has 0 atom stereocenters. The maximum atomic E-state index is 13.0. The van der Waals surface area contributed by atoms with E-state index in [4.69, 9.17) is 21.2 Å². The Kier molecular flexibility index (Phi) is 7.71. The molecule has 0 unspecified atom stereocenters. The molecular formula is C23H25ClN4O6S2. The van der Waals surface area contributed by atoms with Gasteiger partial charge in [0.25, 0.3) is 15.9 Å². The van der Waals surface area contributed by atoms with E-state index in [1.54, 1.807) is 36.4 Å². The Morgan fingerprint density at radius 2 is 1.72 bits per heavy atom. The number of nitrogens with two attached hydrogens (primary N) is 1. The molecule has 1 amide bonds. The van der Waals surface area contributed by atoms with Crippen molar-refractivity contribution in [3.8, 4) is 0 Å². The summed E-state index contributed by atoms with van der Waals surface area (Å²) in [5, 5.41) is 11.4. The highest BCUT2D eigenvalue weighted by Crippen LogP contribution is 2.25. The number of benzene rings is 2. The van der Waals surface area contributed by atoms with Crippen molar-refractivity contribution in [2.45, 2.75) is 35.4 Å². The lowest BCUT2D eigenvalue weighted by Crippen LogP contribution is -2.42. The van der Waals surface area contributed by atoms with E-state index >= 15 is 0 Å². The summed E-state index contributed by atoms with van der Waals surface area (Å²) in [6, 6.07) is 15.4. The molecule has 4 N–H and O–H groups in total. The summed E-state index contributed by atoms with van der Waals surface area (Å²) in [5.74, 6) is -0.0289. The largest absolute Gasteiger partial charge is 0.446 e. The molecule has 1 saturated heterocycles. The zero-order valence-corrected chi connectivity index (χ0v) is 21.4. The van der Waals surface area contributed by atoms with E-state index in [0.29, 0.717) is 34.9 Å². The first-order chi connectivity index (χ1) is 17.0. The van der Waals surface area contributed by atoms with Gasteiger partial charge in [-0.05, 0) is 67.4 Å². The third-order valence-electron chi connectivity index (χ3n) is 5.75. The van der Waals surface area contributed by atoms with E-state index in [1.807, 2.05) is 0 Å². The molecule has 2 aromatic carbocycles. The van der Waals surface area contributed by atoms with Crippen LogP contribution >= 0.6 is 11.6 Å². The highest BCUT2D eigenvalue weighted by atomic mass is 35.5. The molecule has 0 bridgehead atoms. The smallest absolute Gasteiger partial charge is 0.276 e. The Bertz CT molecular complexity index is 1450. The van der Waals surface area contributed by atoms with Crippen molar-refractivity contribution in [1.82, 2.24) is 9.62 Å². The van der Waals surface area contributed by atoms with Gasteiger partial charge in [0.2, 0.25) is 15.1 Å². The van der Waals surface area contributed by atoms with Crippen LogP contribution in [0.2, 0.25) is 5.02 Å². The number of carbonyl (C=O) groups is 1. The van der Waals surface area contributed by atoms with Gasteiger partial charge >= 0.3 is 0 Å². The van der Waals surface area contributed by atoms with E-state index in [2.05, 4.69) is 10.6 Å². The van der Waals surface area contributed by atoms with Gasteiger partial charge in [-0.2, -0.15) is 4.31 Å². The number of furan rings is 1. The molecule has 0 aliphatic carbocycles. The zero-order chi connectivity index (χ0) is 25.9. The fraction of sp³-hybridized carbons (Fsp3) is 0.261. The molecule has 10 nitrogen and oxygen atoms in total. The van der Waals surface area contributed by atoms with Gasteiger partial charge in [-0.25, -0.2) is 22.0 Å². The van der Waals surface area contributed by atoms with Gasteiger partial charge in [0.1, 0.15) is 5.76 Å². The minimum Gasteiger partial charge on any atom is -0.446 e. The second-order valence-electron chi connectivity index (χ2n) is 8.31. The first kappa shape index (κ1) is 26.2. The first-order valence-corrected chi connectivity index (χ1v) is 14.4. The predicted octanol–water partition coefficient (Wildman–Crippen LogP) is 2.78. The Labute approximate surface area is 214 Å². The Balaban J connectivity index is 1.32. The van der Waals surface area contributed by atoms with Crippen LogP contribution in [-0.2, 0) is 26.6 Å². The summed E-state index contributed by atoms with van der Waals surface area (Å²) >= 11 is 5.83. The highest BCUT2D eigenvalue weighted by Gasteiger charge is 2.31. The highest BCUT2D eigenvalue weighted by molar-refractivity contribution is 7.89. The van der Waals surface area contributed by atoms with Gasteiger partial charge in [-0.1, -0.05) is 17.7 Å². The number of nitrogens with zero attached hydrogens (tertiary/aromatic N) is 1. The van der Waals surface area contributed by atoms with Crippen LogP contribution in [0.1, 0.15) is 29.0 Å². The SMILES string of the molecule is NS(=O)(=O)c1cccc(NC2CCN(S(=O)(=O)c3ccc(CNC(=O)c4ccc(Cl)cc4)o3)CC2)c1. The lowest BCUT2D eigenvalue weighted by atomic mass is 10.1. The molecule has 192 valence electrons. The third kappa shape index (κ3) is 6.26. The molecular weight excluding hydrogens is 528 g/mol. The summed E-state index contributed by atoms with van der Waals surface area (Å²) in [5.41, 5.74) is 1.02. The van der Waals surface area contributed by atoms with E-state index in [9.17, 15) is 21.6 Å². The fourth-order valence-corrected chi connectivity index (χ4v) is 5.91. The predicted molar refractivity (Wildman–Crippen MR) is 135 cm³/mol. The number of nitrogens with one attached hydrogen (secondary N) is 2. The Morgan fingerprint density at radius 3 is 2.39 bits per heavy atom. The molecule has 1 fully saturated rings. The van der Waals surface area contributed by atoms with Crippen LogP contribution in [0.5, 0.6) is 0 Å². The number of anilines is 1. The number of sulfonamides is 2. The second kappa shape index (κ2) is 10.6. The van der Waals surface area contributed by atoms with E-state index in [0.717, 1.165) is 0 Å². The van der Waals surface area contributed by atoms with Crippen molar-refractivity contribution in [1.29, 1.82) is 0 Å². The molecule has 1 aromatic heterocycles. The maximum Gasteiger partial charge on any atom is 0.276 e. The number of hydrogen-bond donors (Lipinski definition) is 3. The van der Waals surface area contributed by atoms with Crippen molar-refractivity contribution in [3.05, 3.63) is 77.0 Å². The van der Waals surface area contributed by atoms with Crippen LogP contribution in [-0.4, -0.2) is 46.2 Å². The molecule has 36 heavy (non-hydrogen) atoms. The zero-order valence-electron chi connectivity index (χ0n) is 19.1. The Hall–Kier alpha value is -2.90. The lowest BCUT2D eigenvalue weighted by molar-refractivity contribution is 0.0947. The summed E-state index contributed by atoms with van der Waals surface area (Å²) < 4.78 is 56.1. The minimum absolute atomic E-state index is 0.00509. The van der Waals surface area contributed by atoms with Gasteiger partial charge in [0, 0.05) is 35.4 Å². The van der Waals surface area contributed by atoms with Crippen molar-refractivity contribution >= 4 is 43.2 Å². The second-order valence-corrected chi connectivity index (χ2v) is 12.2. The topological polar surface area (TPSA) is 152 Å². The van der Waals surface area contributed by atoms with Crippen molar-refractivity contribution in [2.75, 3.05) is 18.4 Å². The molecule has 2 heterocycles. The third-order valence-corrected chi connectivity index (χ3v) is 8.68. The molecule has 0 spiro atoms. The summed E-state index contributed by atoms with van der Waals surface area (Å²) in [4.78, 5) is 12.3. The van der Waals surface area contributed by atoms with Crippen molar-refractivity contribution in [3.63, 3.8) is 0 Å². The summed E-state index contributed by atoms with van der Waals surface area (Å²) in [7, 11) is -7.66. The average Bonchev–Trinajstić information content (AvgIpc) is 3.33. The van der Waals surface area contributed by atoms with Crippen molar-refractivity contribution < 1.29 is 26.0 Å². The summed E-state index contributed by atoms with van der Waals surface area (Å²) in [6.45, 7) is 0.553. The number of amides is 1. The summed E-state index contributed by atoms with van der Waals surface area (Å²) in [6.07, 6.45) is 1.03. The molecule has 3 aromatic rings. The van der Waals surface area contributed by atoms with Crippen LogP contribution < -0.4 is 15.8 Å². The van der Waals surface area contributed by atoms with Gasteiger partial charge in [0.05, 0.1) is 11.4 Å². The fourth-order valence-electron chi connectivity index (χ4n) is 3.83. The van der Waals surface area contributed by atoms with Crippen molar-refractivity contribution in [2.24, 2.45) is 5.14 Å². The van der Waals surface area contributed by atoms with Crippen LogP contribution in [0, 0.1) is 0 Å². The normalized spacial score (nSPS) is 15.5. The molecule has 4 rings (SSSR count). The molecule has 1 aliphatic heterocycles. The minimum atomic E-state index is -3.84. The molecule has 0 saturated carbocycles. The van der Waals surface area contributed by atoms with E-state index in [1.165, 1.54) is 28.6 Å². The molecule has 0 radical (unpaired) electrons. The maximum absolute atomic E-state index is 13.0. The van der Waals surface area contributed by atoms with Gasteiger partial charge < -0.3 is 15.1 Å². The number of hydrogen-bond acceptors (Lipinski definition) is 7. The Morgan fingerprint density at radius 1 is 1.03 bits per heavy atom. The number of rotatable bonds is 8. The quantitative estimate of drug-likeness (QED) is 0.388. The van der Waals surface area contributed by atoms with E-state index < -0.39 is 20.0 Å². The number of carbonyl (C=O) groups excluding carboxylic acids is 1. The van der Waals surface area contributed by atoms with Gasteiger partial charge in [-0.3, -0.25) is 4.79 Å². The van der Waals surface area contributed by atoms with Crippen LogP contribution in [0.15, 0.2) is 75.1 Å². The standard InChI is InChI=1S/C23H25ClN4O6S2/c24-17-6-4-16(5-7-17)23(29)26-15-20-8-9-22(34-20)36(32,33)28-12-10-18(11-13-28)27-19-2-1-3-21(14-19)35(25,30)31/h1-9,14,18,27H,10-13,15H2,(H,26,29)(H2,25,30,31). The number of primary sulfonamides is 1. The van der Waals surface area contributed by atoms with Crippen LogP contribution in [0.3, 0.4) is 0 Å². The van der Waals surface area contributed by atoms with Gasteiger partial charge in [-0.15, -0.1) is 0 Å². The molecule has 1 aliphatic rings. The van der Waals surface area contributed by atoms with Crippen LogP contribution in [0.25, 0.3) is 0 Å². The monoisotopic (exact) mass is 552 g/mol. The lowest BCUT2D eigenvalue weighted by Gasteiger charge is -2.31. The van der Waals surface area contributed by atoms with Gasteiger partial charge in [0.15, 0.2) is 0 Å². The number of halogens is 1. The van der Waals surface area contributed by atoms with E-state index in [-0.39, 0.29) is 41.6 Å².